The third kappa shape index (κ3) is 5.85. The van der Waals surface area contributed by atoms with E-state index < -0.39 is 0 Å². The Kier molecular flexibility index (Phi) is 7.98. The van der Waals surface area contributed by atoms with Crippen LogP contribution in [0.25, 0.3) is 0 Å². The van der Waals surface area contributed by atoms with Gasteiger partial charge in [-0.3, -0.25) is 4.42 Å². The number of rotatable bonds is 8. The second-order valence-electron chi connectivity index (χ2n) is 8.37. The Hall–Kier alpha value is -1.79. The number of unbranched alkanes of at least 4 members (excludes halogenated alkanes) is 2. The van der Waals surface area contributed by atoms with Crippen molar-refractivity contribution in [1.82, 2.24) is 4.42 Å². The van der Waals surface area contributed by atoms with Gasteiger partial charge in [0.05, 0.1) is 18.2 Å². The minimum atomic E-state index is 0.651. The van der Waals surface area contributed by atoms with Gasteiger partial charge < -0.3 is 0 Å². The molecule has 28 heavy (non-hydrogen) atoms. The van der Waals surface area contributed by atoms with Gasteiger partial charge in [-0.2, -0.15) is 5.26 Å². The topological polar surface area (TPSA) is 39.4 Å². The van der Waals surface area contributed by atoms with Gasteiger partial charge in [-0.15, -0.1) is 0 Å². The van der Waals surface area contributed by atoms with Crippen molar-refractivity contribution in [2.45, 2.75) is 71.1 Å². The van der Waals surface area contributed by atoms with Crippen LogP contribution in [-0.4, -0.2) is 16.8 Å². The normalized spacial score (nSPS) is 22.4. The van der Waals surface area contributed by atoms with Gasteiger partial charge in [0, 0.05) is 23.5 Å². The van der Waals surface area contributed by atoms with Crippen LogP contribution < -0.4 is 0 Å². The fraction of sp³-hybridized carbons (Fsp3) is 0.583. The number of amidine groups is 1. The maximum absolute atomic E-state index is 8.93. The van der Waals surface area contributed by atoms with Crippen molar-refractivity contribution in [3.8, 4) is 6.07 Å². The molecule has 1 aromatic rings. The monoisotopic (exact) mass is 397 g/mol. The van der Waals surface area contributed by atoms with E-state index in [2.05, 4.69) is 18.0 Å². The van der Waals surface area contributed by atoms with Gasteiger partial charge in [0.15, 0.2) is 5.84 Å². The third-order valence-electron chi connectivity index (χ3n) is 6.27. The quantitative estimate of drug-likeness (QED) is 0.356. The summed E-state index contributed by atoms with van der Waals surface area (Å²) in [7, 11) is 0. The molecule has 0 spiro atoms. The van der Waals surface area contributed by atoms with E-state index in [-0.39, 0.29) is 0 Å². The number of benzene rings is 1. The Morgan fingerprint density at radius 3 is 2.36 bits per heavy atom. The lowest BCUT2D eigenvalue weighted by Crippen LogP contribution is -2.27. The number of nitrogens with zero attached hydrogens (tertiary/aromatic N) is 3. The summed E-state index contributed by atoms with van der Waals surface area (Å²) in [6.45, 7) is 3.02. The molecule has 4 heteroatoms. The van der Waals surface area contributed by atoms with Crippen molar-refractivity contribution in [2.75, 3.05) is 6.54 Å². The molecule has 150 valence electrons. The number of hydrogen-bond acceptors (Lipinski definition) is 3. The summed E-state index contributed by atoms with van der Waals surface area (Å²) < 4.78 is 1.71. The number of aliphatic imine (C=N–C) groups is 1. The maximum atomic E-state index is 8.93. The fourth-order valence-electron chi connectivity index (χ4n) is 4.44. The molecular formula is C24H32ClN3. The third-order valence-corrected chi connectivity index (χ3v) is 6.55. The zero-order valence-corrected chi connectivity index (χ0v) is 17.8. The van der Waals surface area contributed by atoms with E-state index in [1.807, 2.05) is 18.3 Å². The Bertz CT molecular complexity index is 721. The highest BCUT2D eigenvalue weighted by molar-refractivity contribution is 6.25. The van der Waals surface area contributed by atoms with Crippen LogP contribution in [0.15, 0.2) is 41.0 Å². The van der Waals surface area contributed by atoms with Gasteiger partial charge in [0.2, 0.25) is 0 Å². The molecule has 0 aromatic heterocycles. The van der Waals surface area contributed by atoms with E-state index in [4.69, 9.17) is 17.0 Å². The van der Waals surface area contributed by atoms with Crippen LogP contribution in [0.1, 0.15) is 82.3 Å². The van der Waals surface area contributed by atoms with E-state index in [0.29, 0.717) is 5.56 Å². The predicted molar refractivity (Wildman–Crippen MR) is 117 cm³/mol. The van der Waals surface area contributed by atoms with Gasteiger partial charge in [-0.05, 0) is 54.5 Å². The van der Waals surface area contributed by atoms with Crippen molar-refractivity contribution in [3.05, 3.63) is 47.2 Å². The van der Waals surface area contributed by atoms with Crippen LogP contribution in [0.3, 0.4) is 0 Å². The van der Waals surface area contributed by atoms with Gasteiger partial charge in [0.1, 0.15) is 0 Å². The molecule has 1 aromatic carbocycles. The van der Waals surface area contributed by atoms with Crippen molar-refractivity contribution >= 4 is 17.6 Å². The molecule has 1 aliphatic heterocycles. The van der Waals surface area contributed by atoms with Crippen LogP contribution in [0.4, 0.5) is 0 Å². The zero-order valence-electron chi connectivity index (χ0n) is 17.0. The van der Waals surface area contributed by atoms with Gasteiger partial charge in [0.25, 0.3) is 0 Å². The summed E-state index contributed by atoms with van der Waals surface area (Å²) in [5, 5.41) is 8.93. The number of halogens is 1. The van der Waals surface area contributed by atoms with Crippen LogP contribution in [0.5, 0.6) is 0 Å². The molecule has 1 saturated carbocycles. The molecule has 0 radical (unpaired) electrons. The molecule has 3 rings (SSSR count). The smallest absolute Gasteiger partial charge is 0.150 e. The molecule has 3 nitrogen and oxygen atoms in total. The molecule has 1 fully saturated rings. The van der Waals surface area contributed by atoms with Gasteiger partial charge in [-0.25, -0.2) is 4.99 Å². The summed E-state index contributed by atoms with van der Waals surface area (Å²) in [5.41, 5.74) is 2.92. The first-order valence-corrected chi connectivity index (χ1v) is 11.2. The first-order chi connectivity index (χ1) is 13.7. The van der Waals surface area contributed by atoms with Crippen LogP contribution in [-0.2, 0) is 0 Å². The second kappa shape index (κ2) is 10.7. The highest BCUT2D eigenvalue weighted by atomic mass is 35.5. The van der Waals surface area contributed by atoms with Crippen molar-refractivity contribution in [2.24, 2.45) is 16.8 Å². The fourth-order valence-corrected chi connectivity index (χ4v) is 4.74. The lowest BCUT2D eigenvalue weighted by molar-refractivity contribution is 0.248. The van der Waals surface area contributed by atoms with E-state index in [9.17, 15) is 0 Å². The van der Waals surface area contributed by atoms with Crippen molar-refractivity contribution in [1.29, 1.82) is 5.26 Å². The molecular weight excluding hydrogens is 366 g/mol. The highest BCUT2D eigenvalue weighted by Gasteiger charge is 2.22. The summed E-state index contributed by atoms with van der Waals surface area (Å²) >= 11 is 6.48. The summed E-state index contributed by atoms with van der Waals surface area (Å²) in [5.74, 6) is 2.62. The van der Waals surface area contributed by atoms with E-state index in [1.54, 1.807) is 16.6 Å². The molecule has 0 bridgehead atoms. The van der Waals surface area contributed by atoms with E-state index in [1.165, 1.54) is 63.4 Å². The first-order valence-electron chi connectivity index (χ1n) is 10.9. The maximum Gasteiger partial charge on any atom is 0.150 e. The summed E-state index contributed by atoms with van der Waals surface area (Å²) in [6, 6.07) is 9.57. The molecule has 1 heterocycles. The Morgan fingerprint density at radius 2 is 1.75 bits per heavy atom. The van der Waals surface area contributed by atoms with Crippen LogP contribution >= 0.6 is 11.8 Å². The van der Waals surface area contributed by atoms with Crippen LogP contribution in [0.2, 0.25) is 0 Å². The largest absolute Gasteiger partial charge is 0.264 e. The Balaban J connectivity index is 1.46. The molecule has 0 atom stereocenters. The molecule has 1 aliphatic carbocycles. The first kappa shape index (κ1) is 20.9. The molecule has 2 aliphatic rings. The minimum Gasteiger partial charge on any atom is -0.264 e. The van der Waals surface area contributed by atoms with Crippen molar-refractivity contribution < 1.29 is 0 Å². The highest BCUT2D eigenvalue weighted by Crippen LogP contribution is 2.35. The second-order valence-corrected chi connectivity index (χ2v) is 8.78. The minimum absolute atomic E-state index is 0.651. The van der Waals surface area contributed by atoms with Gasteiger partial charge >= 0.3 is 0 Å². The SMILES string of the molecule is CCCCC[C@H]1CC[C@H](CCC2=CN=C(c3ccc(C#N)cc3)N(Cl)C2)CC1. The predicted octanol–water partition coefficient (Wildman–Crippen LogP) is 6.83. The zero-order chi connectivity index (χ0) is 19.8. The standard InChI is InChI=1S/C24H32ClN3/c1-2-3-4-5-19-6-8-20(9-7-19)10-11-22-17-27-24(28(25)18-22)23-14-12-21(16-26)13-15-23/h12-15,17,19-20H,2-11,18H2,1H3/t19-,20-. The summed E-state index contributed by atoms with van der Waals surface area (Å²) in [4.78, 5) is 4.60. The average molecular weight is 398 g/mol. The summed E-state index contributed by atoms with van der Waals surface area (Å²) in [6.07, 6.45) is 15.6. The van der Waals surface area contributed by atoms with E-state index >= 15 is 0 Å². The van der Waals surface area contributed by atoms with Crippen molar-refractivity contribution in [3.63, 3.8) is 0 Å². The van der Waals surface area contributed by atoms with Gasteiger partial charge in [-0.1, -0.05) is 58.3 Å². The van der Waals surface area contributed by atoms with E-state index in [0.717, 1.165) is 36.2 Å². The lowest BCUT2D eigenvalue weighted by Gasteiger charge is -2.29. The average Bonchev–Trinajstić information content (AvgIpc) is 2.73. The molecule has 0 N–H and O–H groups in total. The molecule has 0 unspecified atom stereocenters. The van der Waals surface area contributed by atoms with Crippen LogP contribution in [0, 0.1) is 23.2 Å². The Morgan fingerprint density at radius 1 is 1.07 bits per heavy atom. The molecule has 0 amide bonds. The lowest BCUT2D eigenvalue weighted by atomic mass is 9.77. The molecule has 0 saturated heterocycles. The number of nitriles is 1. The number of hydrogen-bond donors (Lipinski definition) is 0. The Labute approximate surface area is 175 Å².